The molecule has 0 N–H and O–H groups in total. The van der Waals surface area contributed by atoms with E-state index in [0.29, 0.717) is 29.7 Å². The number of halogens is 1. The van der Waals surface area contributed by atoms with Gasteiger partial charge in [-0.15, -0.1) is 0 Å². The van der Waals surface area contributed by atoms with Crippen LogP contribution in [0.2, 0.25) is 5.02 Å². The summed E-state index contributed by atoms with van der Waals surface area (Å²) in [6.07, 6.45) is 1.69. The Kier molecular flexibility index (Phi) is 6.35. The quantitative estimate of drug-likeness (QED) is 0.526. The lowest BCUT2D eigenvalue weighted by Crippen LogP contribution is -2.04. The summed E-state index contributed by atoms with van der Waals surface area (Å²) in [5.41, 5.74) is 2.49. The summed E-state index contributed by atoms with van der Waals surface area (Å²) >= 11 is 6.42. The third-order valence-electron chi connectivity index (χ3n) is 3.91. The second-order valence-electron chi connectivity index (χ2n) is 5.74. The molecule has 0 fully saturated rings. The Balaban J connectivity index is 1.52. The number of rotatable bonds is 8. The van der Waals surface area contributed by atoms with Gasteiger partial charge < -0.3 is 9.47 Å². The maximum absolute atomic E-state index is 6.42. The molecule has 0 radical (unpaired) electrons. The predicted molar refractivity (Wildman–Crippen MR) is 103 cm³/mol. The molecule has 0 aromatic heterocycles. The average Bonchev–Trinajstić information content (AvgIpc) is 2.66. The molecule has 0 aliphatic heterocycles. The molecule has 3 aromatic carbocycles. The molecule has 3 rings (SSSR count). The molecule has 128 valence electrons. The van der Waals surface area contributed by atoms with Crippen LogP contribution >= 0.6 is 11.6 Å². The summed E-state index contributed by atoms with van der Waals surface area (Å²) in [5, 5.41) is 0.531. The molecule has 0 bridgehead atoms. The normalized spacial score (nSPS) is 10.4. The van der Waals surface area contributed by atoms with E-state index in [1.807, 2.05) is 54.6 Å². The molecular formula is C22H21ClO2. The Hall–Kier alpha value is -2.45. The van der Waals surface area contributed by atoms with Crippen molar-refractivity contribution in [1.82, 2.24) is 0 Å². The van der Waals surface area contributed by atoms with Crippen molar-refractivity contribution in [2.24, 2.45) is 0 Å². The van der Waals surface area contributed by atoms with Crippen molar-refractivity contribution in [1.29, 1.82) is 0 Å². The van der Waals surface area contributed by atoms with Crippen molar-refractivity contribution in [2.75, 3.05) is 13.2 Å². The van der Waals surface area contributed by atoms with E-state index in [2.05, 4.69) is 24.3 Å². The molecule has 0 aliphatic carbocycles. The molecule has 0 aliphatic rings. The molecule has 3 heteroatoms. The smallest absolute Gasteiger partial charge is 0.141 e. The molecule has 0 unspecified atom stereocenters. The van der Waals surface area contributed by atoms with Crippen molar-refractivity contribution in [3.05, 3.63) is 95.0 Å². The number of hydrogen-bond donors (Lipinski definition) is 0. The number of benzene rings is 3. The second kappa shape index (κ2) is 9.14. The van der Waals surface area contributed by atoms with Gasteiger partial charge in [0, 0.05) is 12.8 Å². The van der Waals surface area contributed by atoms with E-state index in [9.17, 15) is 0 Å². The molecule has 0 saturated carbocycles. The number of ether oxygens (including phenoxy) is 2. The Morgan fingerprint density at radius 3 is 1.44 bits per heavy atom. The third-order valence-corrected chi connectivity index (χ3v) is 4.28. The van der Waals surface area contributed by atoms with E-state index in [0.717, 1.165) is 12.8 Å². The Morgan fingerprint density at radius 2 is 1.00 bits per heavy atom. The fraction of sp³-hybridized carbons (Fsp3) is 0.182. The minimum absolute atomic E-state index is 0.531. The summed E-state index contributed by atoms with van der Waals surface area (Å²) in [5.74, 6) is 1.32. The number of hydrogen-bond acceptors (Lipinski definition) is 2. The van der Waals surface area contributed by atoms with Gasteiger partial charge in [-0.1, -0.05) is 78.3 Å². The molecule has 25 heavy (non-hydrogen) atoms. The van der Waals surface area contributed by atoms with Crippen LogP contribution in [0.3, 0.4) is 0 Å². The second-order valence-corrected chi connectivity index (χ2v) is 6.11. The van der Waals surface area contributed by atoms with Gasteiger partial charge in [0.15, 0.2) is 0 Å². The van der Waals surface area contributed by atoms with Crippen LogP contribution in [-0.4, -0.2) is 13.2 Å². The topological polar surface area (TPSA) is 18.5 Å². The van der Waals surface area contributed by atoms with Crippen molar-refractivity contribution in [3.8, 4) is 11.5 Å². The van der Waals surface area contributed by atoms with Gasteiger partial charge in [0.2, 0.25) is 0 Å². The first-order valence-corrected chi connectivity index (χ1v) is 8.83. The van der Waals surface area contributed by atoms with Gasteiger partial charge in [-0.25, -0.2) is 0 Å². The van der Waals surface area contributed by atoms with Crippen LogP contribution in [0.5, 0.6) is 11.5 Å². The summed E-state index contributed by atoms with van der Waals surface area (Å²) < 4.78 is 11.7. The minimum atomic E-state index is 0.531. The van der Waals surface area contributed by atoms with E-state index in [4.69, 9.17) is 21.1 Å². The summed E-state index contributed by atoms with van der Waals surface area (Å²) in [6.45, 7) is 1.16. The molecular weight excluding hydrogens is 332 g/mol. The fourth-order valence-electron chi connectivity index (χ4n) is 2.56. The molecule has 2 nitrogen and oxygen atoms in total. The van der Waals surface area contributed by atoms with Crippen LogP contribution in [0.4, 0.5) is 0 Å². The lowest BCUT2D eigenvalue weighted by atomic mass is 10.2. The minimum Gasteiger partial charge on any atom is -0.492 e. The van der Waals surface area contributed by atoms with Crippen molar-refractivity contribution in [2.45, 2.75) is 12.8 Å². The van der Waals surface area contributed by atoms with Crippen molar-refractivity contribution >= 4 is 11.6 Å². The van der Waals surface area contributed by atoms with Gasteiger partial charge in [0.1, 0.15) is 16.5 Å². The first-order chi connectivity index (χ1) is 12.3. The zero-order valence-corrected chi connectivity index (χ0v) is 14.8. The molecule has 0 atom stereocenters. The summed E-state index contributed by atoms with van der Waals surface area (Å²) in [7, 11) is 0. The van der Waals surface area contributed by atoms with Gasteiger partial charge in [0.25, 0.3) is 0 Å². The molecule has 0 spiro atoms. The Labute approximate surface area is 154 Å². The Morgan fingerprint density at radius 1 is 0.560 bits per heavy atom. The molecule has 0 amide bonds. The highest BCUT2D eigenvalue weighted by Crippen LogP contribution is 2.34. The molecule has 0 saturated heterocycles. The largest absolute Gasteiger partial charge is 0.492 e. The lowest BCUT2D eigenvalue weighted by Gasteiger charge is -2.12. The van der Waals surface area contributed by atoms with Crippen molar-refractivity contribution in [3.63, 3.8) is 0 Å². The predicted octanol–water partition coefficient (Wildman–Crippen LogP) is 5.58. The Bertz CT molecular complexity index is 709. The summed E-state index contributed by atoms with van der Waals surface area (Å²) in [6, 6.07) is 26.2. The van der Waals surface area contributed by atoms with Crippen LogP contribution in [0, 0.1) is 0 Å². The first kappa shape index (κ1) is 17.4. The highest BCUT2D eigenvalue weighted by molar-refractivity contribution is 6.33. The molecule has 3 aromatic rings. The standard InChI is InChI=1S/C22H21ClO2/c23-22-20(24-16-14-18-8-3-1-4-9-18)12-7-13-21(22)25-17-15-19-10-5-2-6-11-19/h1-13H,14-17H2. The highest BCUT2D eigenvalue weighted by Gasteiger charge is 2.08. The summed E-state index contributed by atoms with van der Waals surface area (Å²) in [4.78, 5) is 0. The van der Waals surface area contributed by atoms with Crippen LogP contribution in [0.15, 0.2) is 78.9 Å². The fourth-order valence-corrected chi connectivity index (χ4v) is 2.80. The SMILES string of the molecule is Clc1c(OCCc2ccccc2)cccc1OCCc1ccccc1. The van der Waals surface area contributed by atoms with E-state index < -0.39 is 0 Å². The monoisotopic (exact) mass is 352 g/mol. The lowest BCUT2D eigenvalue weighted by molar-refractivity contribution is 0.306. The zero-order valence-electron chi connectivity index (χ0n) is 14.0. The van der Waals surface area contributed by atoms with Gasteiger partial charge in [-0.05, 0) is 23.3 Å². The highest BCUT2D eigenvalue weighted by atomic mass is 35.5. The zero-order chi connectivity index (χ0) is 17.3. The van der Waals surface area contributed by atoms with Crippen LogP contribution < -0.4 is 9.47 Å². The average molecular weight is 353 g/mol. The van der Waals surface area contributed by atoms with Crippen LogP contribution in [0.1, 0.15) is 11.1 Å². The maximum Gasteiger partial charge on any atom is 0.141 e. The van der Waals surface area contributed by atoms with Crippen LogP contribution in [0.25, 0.3) is 0 Å². The van der Waals surface area contributed by atoms with Gasteiger partial charge in [0.05, 0.1) is 13.2 Å². The van der Waals surface area contributed by atoms with E-state index in [1.54, 1.807) is 0 Å². The van der Waals surface area contributed by atoms with E-state index >= 15 is 0 Å². The van der Waals surface area contributed by atoms with Crippen LogP contribution in [-0.2, 0) is 12.8 Å². The third kappa shape index (κ3) is 5.27. The molecule has 0 heterocycles. The van der Waals surface area contributed by atoms with Crippen molar-refractivity contribution < 1.29 is 9.47 Å². The van der Waals surface area contributed by atoms with Gasteiger partial charge in [-0.2, -0.15) is 0 Å². The maximum atomic E-state index is 6.42. The van der Waals surface area contributed by atoms with Gasteiger partial charge >= 0.3 is 0 Å². The van der Waals surface area contributed by atoms with E-state index in [1.165, 1.54) is 11.1 Å². The van der Waals surface area contributed by atoms with Gasteiger partial charge in [-0.3, -0.25) is 0 Å². The van der Waals surface area contributed by atoms with E-state index in [-0.39, 0.29) is 0 Å². The first-order valence-electron chi connectivity index (χ1n) is 8.45.